The Kier molecular flexibility index (Phi) is 5.63. The zero-order valence-corrected chi connectivity index (χ0v) is 10.8. The summed E-state index contributed by atoms with van der Waals surface area (Å²) in [6.07, 6.45) is 2.79. The average molecular weight is 236 g/mol. The first-order chi connectivity index (χ1) is 8.17. The van der Waals surface area contributed by atoms with Crippen molar-refractivity contribution in [3.63, 3.8) is 0 Å². The zero-order chi connectivity index (χ0) is 12.7. The molecule has 4 heteroatoms. The molecular formula is C13H20N2O2. The SMILES string of the molecule is CCCN(CC(=O)OC)Cc1ncccc1C. The summed E-state index contributed by atoms with van der Waals surface area (Å²) < 4.78 is 4.69. The van der Waals surface area contributed by atoms with E-state index in [-0.39, 0.29) is 5.97 Å². The fourth-order valence-corrected chi connectivity index (χ4v) is 1.67. The van der Waals surface area contributed by atoms with E-state index in [0.29, 0.717) is 13.1 Å². The summed E-state index contributed by atoms with van der Waals surface area (Å²) in [6, 6.07) is 3.95. The van der Waals surface area contributed by atoms with Crippen molar-refractivity contribution in [3.8, 4) is 0 Å². The summed E-state index contributed by atoms with van der Waals surface area (Å²) in [5, 5.41) is 0. The molecule has 0 spiro atoms. The fraction of sp³-hybridized carbons (Fsp3) is 0.538. The molecular weight excluding hydrogens is 216 g/mol. The largest absolute Gasteiger partial charge is 0.468 e. The lowest BCUT2D eigenvalue weighted by molar-refractivity contribution is -0.142. The van der Waals surface area contributed by atoms with Crippen LogP contribution >= 0.6 is 0 Å². The van der Waals surface area contributed by atoms with E-state index in [4.69, 9.17) is 4.74 Å². The molecule has 0 bridgehead atoms. The van der Waals surface area contributed by atoms with Crippen LogP contribution in [0, 0.1) is 6.92 Å². The molecule has 1 aromatic rings. The van der Waals surface area contributed by atoms with Crippen molar-refractivity contribution in [2.24, 2.45) is 0 Å². The highest BCUT2D eigenvalue weighted by molar-refractivity contribution is 5.71. The molecule has 0 fully saturated rings. The Bertz CT molecular complexity index is 366. The van der Waals surface area contributed by atoms with Crippen molar-refractivity contribution in [2.75, 3.05) is 20.2 Å². The molecule has 0 N–H and O–H groups in total. The first-order valence-electron chi connectivity index (χ1n) is 5.87. The smallest absolute Gasteiger partial charge is 0.319 e. The van der Waals surface area contributed by atoms with Gasteiger partial charge in [0.25, 0.3) is 0 Å². The Morgan fingerprint density at radius 3 is 2.88 bits per heavy atom. The average Bonchev–Trinajstić information content (AvgIpc) is 2.32. The number of ether oxygens (including phenoxy) is 1. The van der Waals surface area contributed by atoms with Crippen LogP contribution in [0.1, 0.15) is 24.6 Å². The quantitative estimate of drug-likeness (QED) is 0.706. The summed E-state index contributed by atoms with van der Waals surface area (Å²) in [5.41, 5.74) is 2.17. The van der Waals surface area contributed by atoms with Crippen LogP contribution in [-0.2, 0) is 16.1 Å². The minimum atomic E-state index is -0.202. The zero-order valence-electron chi connectivity index (χ0n) is 10.8. The third kappa shape index (κ3) is 4.53. The van der Waals surface area contributed by atoms with Crippen LogP contribution in [0.15, 0.2) is 18.3 Å². The van der Waals surface area contributed by atoms with Crippen molar-refractivity contribution in [3.05, 3.63) is 29.6 Å². The van der Waals surface area contributed by atoms with E-state index in [1.165, 1.54) is 7.11 Å². The molecule has 1 heterocycles. The lowest BCUT2D eigenvalue weighted by Gasteiger charge is -2.20. The van der Waals surface area contributed by atoms with Gasteiger partial charge in [0.05, 0.1) is 19.3 Å². The maximum Gasteiger partial charge on any atom is 0.319 e. The number of aromatic nitrogens is 1. The van der Waals surface area contributed by atoms with Gasteiger partial charge < -0.3 is 4.74 Å². The van der Waals surface area contributed by atoms with Crippen molar-refractivity contribution in [1.29, 1.82) is 0 Å². The van der Waals surface area contributed by atoms with Gasteiger partial charge in [-0.15, -0.1) is 0 Å². The number of pyridine rings is 1. The number of carbonyl (C=O) groups excluding carboxylic acids is 1. The molecule has 94 valence electrons. The molecule has 0 aliphatic carbocycles. The molecule has 0 radical (unpaired) electrons. The van der Waals surface area contributed by atoms with Crippen molar-refractivity contribution >= 4 is 5.97 Å². The van der Waals surface area contributed by atoms with Crippen LogP contribution in [0.25, 0.3) is 0 Å². The van der Waals surface area contributed by atoms with Crippen molar-refractivity contribution in [1.82, 2.24) is 9.88 Å². The Labute approximate surface area is 103 Å². The van der Waals surface area contributed by atoms with E-state index in [2.05, 4.69) is 16.8 Å². The van der Waals surface area contributed by atoms with Gasteiger partial charge in [0.15, 0.2) is 0 Å². The highest BCUT2D eigenvalue weighted by atomic mass is 16.5. The second-order valence-corrected chi connectivity index (χ2v) is 4.05. The van der Waals surface area contributed by atoms with Gasteiger partial charge in [0.2, 0.25) is 0 Å². The van der Waals surface area contributed by atoms with Gasteiger partial charge in [-0.25, -0.2) is 0 Å². The molecule has 1 aromatic heterocycles. The topological polar surface area (TPSA) is 42.4 Å². The third-order valence-corrected chi connectivity index (χ3v) is 2.61. The maximum absolute atomic E-state index is 11.3. The van der Waals surface area contributed by atoms with E-state index in [0.717, 1.165) is 24.2 Å². The van der Waals surface area contributed by atoms with Crippen LogP contribution < -0.4 is 0 Å². The van der Waals surface area contributed by atoms with Gasteiger partial charge >= 0.3 is 5.97 Å². The maximum atomic E-state index is 11.3. The lowest BCUT2D eigenvalue weighted by Crippen LogP contribution is -2.31. The first-order valence-corrected chi connectivity index (χ1v) is 5.87. The predicted molar refractivity (Wildman–Crippen MR) is 66.6 cm³/mol. The number of aryl methyl sites for hydroxylation is 1. The highest BCUT2D eigenvalue weighted by Gasteiger charge is 2.12. The molecule has 0 saturated carbocycles. The Morgan fingerprint density at radius 2 is 2.29 bits per heavy atom. The summed E-state index contributed by atoms with van der Waals surface area (Å²) >= 11 is 0. The number of rotatable bonds is 6. The molecule has 0 aromatic carbocycles. The van der Waals surface area contributed by atoms with Crippen molar-refractivity contribution in [2.45, 2.75) is 26.8 Å². The van der Waals surface area contributed by atoms with E-state index >= 15 is 0 Å². The van der Waals surface area contributed by atoms with E-state index in [1.54, 1.807) is 6.20 Å². The second kappa shape index (κ2) is 7.01. The van der Waals surface area contributed by atoms with Crippen LogP contribution in [0.5, 0.6) is 0 Å². The van der Waals surface area contributed by atoms with Gasteiger partial charge in [-0.1, -0.05) is 13.0 Å². The fourth-order valence-electron chi connectivity index (χ4n) is 1.67. The van der Waals surface area contributed by atoms with Gasteiger partial charge in [-0.05, 0) is 31.5 Å². The van der Waals surface area contributed by atoms with Gasteiger partial charge in [0, 0.05) is 12.7 Å². The second-order valence-electron chi connectivity index (χ2n) is 4.05. The monoisotopic (exact) mass is 236 g/mol. The Balaban J connectivity index is 2.66. The molecule has 17 heavy (non-hydrogen) atoms. The van der Waals surface area contributed by atoms with Gasteiger partial charge in [0.1, 0.15) is 0 Å². The number of carbonyl (C=O) groups is 1. The van der Waals surface area contributed by atoms with Crippen LogP contribution in [0.3, 0.4) is 0 Å². The van der Waals surface area contributed by atoms with E-state index < -0.39 is 0 Å². The van der Waals surface area contributed by atoms with Crippen LogP contribution in [0.2, 0.25) is 0 Å². The summed E-state index contributed by atoms with van der Waals surface area (Å²) in [6.45, 7) is 6.00. The molecule has 0 atom stereocenters. The Morgan fingerprint density at radius 1 is 1.53 bits per heavy atom. The van der Waals surface area contributed by atoms with Crippen LogP contribution in [-0.4, -0.2) is 36.1 Å². The van der Waals surface area contributed by atoms with Crippen molar-refractivity contribution < 1.29 is 9.53 Å². The van der Waals surface area contributed by atoms with Crippen LogP contribution in [0.4, 0.5) is 0 Å². The summed E-state index contributed by atoms with van der Waals surface area (Å²) in [4.78, 5) is 17.7. The number of hydrogen-bond acceptors (Lipinski definition) is 4. The molecule has 0 unspecified atom stereocenters. The molecule has 0 saturated heterocycles. The van der Waals surface area contributed by atoms with Gasteiger partial charge in [-0.2, -0.15) is 0 Å². The minimum absolute atomic E-state index is 0.202. The molecule has 1 rings (SSSR count). The number of nitrogens with zero attached hydrogens (tertiary/aromatic N) is 2. The first kappa shape index (κ1) is 13.6. The lowest BCUT2D eigenvalue weighted by atomic mass is 10.2. The molecule has 4 nitrogen and oxygen atoms in total. The predicted octanol–water partition coefficient (Wildman–Crippen LogP) is 1.78. The number of methoxy groups -OCH3 is 1. The normalized spacial score (nSPS) is 10.6. The summed E-state index contributed by atoms with van der Waals surface area (Å²) in [7, 11) is 1.42. The summed E-state index contributed by atoms with van der Waals surface area (Å²) in [5.74, 6) is -0.202. The molecule has 0 aliphatic rings. The third-order valence-electron chi connectivity index (χ3n) is 2.61. The van der Waals surface area contributed by atoms with E-state index in [1.807, 2.05) is 19.1 Å². The highest BCUT2D eigenvalue weighted by Crippen LogP contribution is 2.07. The number of esters is 1. The van der Waals surface area contributed by atoms with Gasteiger partial charge in [-0.3, -0.25) is 14.7 Å². The standard InChI is InChI=1S/C13H20N2O2/c1-4-8-15(10-13(16)17-3)9-12-11(2)6-5-7-14-12/h5-7H,4,8-10H2,1-3H3. The minimum Gasteiger partial charge on any atom is -0.468 e. The molecule has 0 aliphatic heterocycles. The number of hydrogen-bond donors (Lipinski definition) is 0. The Hall–Kier alpha value is -1.42. The molecule has 0 amide bonds. The van der Waals surface area contributed by atoms with E-state index in [9.17, 15) is 4.79 Å².